The average molecular weight is 343 g/mol. The lowest BCUT2D eigenvalue weighted by molar-refractivity contribution is 0.0680. The van der Waals surface area contributed by atoms with Crippen LogP contribution in [0.4, 0.5) is 0 Å². The molecule has 2 N–H and O–H groups in total. The van der Waals surface area contributed by atoms with E-state index in [0.29, 0.717) is 23.1 Å². The van der Waals surface area contributed by atoms with Crippen molar-refractivity contribution in [3.63, 3.8) is 0 Å². The van der Waals surface area contributed by atoms with E-state index >= 15 is 0 Å². The molecular formula is C14H19BrN2O3. The Morgan fingerprint density at radius 1 is 1.65 bits per heavy atom. The zero-order valence-electron chi connectivity index (χ0n) is 11.6. The number of likely N-dealkylation sites (tertiary alicyclic amines) is 1. The van der Waals surface area contributed by atoms with E-state index in [1.165, 1.54) is 6.20 Å². The Balaban J connectivity index is 2.27. The molecule has 0 spiro atoms. The maximum absolute atomic E-state index is 12.5. The van der Waals surface area contributed by atoms with E-state index in [0.717, 1.165) is 12.8 Å². The predicted octanol–water partition coefficient (Wildman–Crippen LogP) is 1.82. The zero-order valence-corrected chi connectivity index (χ0v) is 13.2. The summed E-state index contributed by atoms with van der Waals surface area (Å²) in [6.07, 6.45) is 3.37. The van der Waals surface area contributed by atoms with Crippen LogP contribution in [0.1, 0.15) is 42.2 Å². The Morgan fingerprint density at radius 3 is 3.00 bits per heavy atom. The van der Waals surface area contributed by atoms with E-state index in [1.54, 1.807) is 18.7 Å². The summed E-state index contributed by atoms with van der Waals surface area (Å²) >= 11 is 3.21. The van der Waals surface area contributed by atoms with E-state index in [-0.39, 0.29) is 22.9 Å². The van der Waals surface area contributed by atoms with Crippen molar-refractivity contribution < 1.29 is 9.90 Å². The van der Waals surface area contributed by atoms with Crippen LogP contribution < -0.4 is 5.43 Å². The quantitative estimate of drug-likeness (QED) is 0.879. The number of halogens is 1. The molecule has 0 radical (unpaired) electrons. The van der Waals surface area contributed by atoms with Crippen molar-refractivity contribution in [1.82, 2.24) is 9.88 Å². The molecule has 6 heteroatoms. The molecule has 20 heavy (non-hydrogen) atoms. The summed E-state index contributed by atoms with van der Waals surface area (Å²) in [5.41, 5.74) is 0.572. The van der Waals surface area contributed by atoms with Gasteiger partial charge in [0.15, 0.2) is 0 Å². The Labute approximate surface area is 126 Å². The van der Waals surface area contributed by atoms with Gasteiger partial charge in [-0.25, -0.2) is 0 Å². The van der Waals surface area contributed by atoms with Gasteiger partial charge in [-0.05, 0) is 49.0 Å². The summed E-state index contributed by atoms with van der Waals surface area (Å²) in [7, 11) is 0. The number of aryl methyl sites for hydroxylation is 1. The van der Waals surface area contributed by atoms with Crippen LogP contribution in [0.3, 0.4) is 0 Å². The molecule has 1 aromatic heterocycles. The summed E-state index contributed by atoms with van der Waals surface area (Å²) < 4.78 is 0.398. The normalized spacial score (nSPS) is 20.2. The summed E-state index contributed by atoms with van der Waals surface area (Å²) in [5.74, 6) is -0.255. The average Bonchev–Trinajstić information content (AvgIpc) is 2.82. The fourth-order valence-corrected chi connectivity index (χ4v) is 2.98. The molecule has 1 saturated heterocycles. The lowest BCUT2D eigenvalue weighted by atomic mass is 10.1. The second-order valence-electron chi connectivity index (χ2n) is 5.35. The van der Waals surface area contributed by atoms with Gasteiger partial charge in [-0.3, -0.25) is 9.59 Å². The largest absolute Gasteiger partial charge is 0.393 e. The third kappa shape index (κ3) is 2.96. The van der Waals surface area contributed by atoms with E-state index in [4.69, 9.17) is 0 Å². The summed E-state index contributed by atoms with van der Waals surface area (Å²) in [6, 6.07) is 0.0157. The maximum atomic E-state index is 12.5. The third-order valence-electron chi connectivity index (χ3n) is 3.69. The van der Waals surface area contributed by atoms with Crippen LogP contribution >= 0.6 is 15.9 Å². The van der Waals surface area contributed by atoms with Crippen LogP contribution in [0.5, 0.6) is 0 Å². The van der Waals surface area contributed by atoms with Crippen LogP contribution in [0.25, 0.3) is 0 Å². The molecule has 2 unspecified atom stereocenters. The fourth-order valence-electron chi connectivity index (χ4n) is 2.65. The van der Waals surface area contributed by atoms with Crippen molar-refractivity contribution in [2.75, 3.05) is 6.54 Å². The Hall–Kier alpha value is -1.14. The van der Waals surface area contributed by atoms with Crippen molar-refractivity contribution in [3.8, 4) is 0 Å². The van der Waals surface area contributed by atoms with Gasteiger partial charge < -0.3 is 15.0 Å². The molecule has 2 rings (SSSR count). The number of hydrogen-bond acceptors (Lipinski definition) is 3. The monoisotopic (exact) mass is 342 g/mol. The molecule has 110 valence electrons. The van der Waals surface area contributed by atoms with E-state index < -0.39 is 6.10 Å². The van der Waals surface area contributed by atoms with Gasteiger partial charge in [-0.15, -0.1) is 0 Å². The van der Waals surface area contributed by atoms with Crippen molar-refractivity contribution in [1.29, 1.82) is 0 Å². The number of pyridine rings is 1. The van der Waals surface area contributed by atoms with Crippen LogP contribution in [0.2, 0.25) is 0 Å². The maximum Gasteiger partial charge on any atom is 0.259 e. The number of aliphatic hydroxyl groups excluding tert-OH is 1. The number of H-pyrrole nitrogens is 1. The Kier molecular flexibility index (Phi) is 4.65. The predicted molar refractivity (Wildman–Crippen MR) is 79.9 cm³/mol. The van der Waals surface area contributed by atoms with Gasteiger partial charge >= 0.3 is 0 Å². The second-order valence-corrected chi connectivity index (χ2v) is 6.14. The fraction of sp³-hybridized carbons (Fsp3) is 0.571. The lowest BCUT2D eigenvalue weighted by Gasteiger charge is -2.25. The van der Waals surface area contributed by atoms with Gasteiger partial charge in [0.25, 0.3) is 5.91 Å². The molecule has 5 nitrogen and oxygen atoms in total. The lowest BCUT2D eigenvalue weighted by Crippen LogP contribution is -2.39. The highest BCUT2D eigenvalue weighted by atomic mass is 79.9. The summed E-state index contributed by atoms with van der Waals surface area (Å²) in [5, 5.41) is 9.50. The molecular weight excluding hydrogens is 324 g/mol. The van der Waals surface area contributed by atoms with E-state index in [2.05, 4.69) is 20.9 Å². The Bertz CT molecular complexity index is 568. The topological polar surface area (TPSA) is 73.4 Å². The number of nitrogens with one attached hydrogen (secondary N) is 1. The molecule has 0 aliphatic carbocycles. The minimum Gasteiger partial charge on any atom is -0.393 e. The number of carbonyl (C=O) groups is 1. The molecule has 0 bridgehead atoms. The second kappa shape index (κ2) is 6.10. The van der Waals surface area contributed by atoms with Crippen LogP contribution in [-0.2, 0) is 0 Å². The van der Waals surface area contributed by atoms with Gasteiger partial charge in [0, 0.05) is 24.5 Å². The number of aromatic amines is 1. The highest BCUT2D eigenvalue weighted by Crippen LogP contribution is 2.23. The van der Waals surface area contributed by atoms with Crippen LogP contribution in [0, 0.1) is 6.92 Å². The molecule has 1 aliphatic heterocycles. The first-order valence-corrected chi connectivity index (χ1v) is 7.58. The van der Waals surface area contributed by atoms with Crippen molar-refractivity contribution in [2.45, 2.75) is 45.3 Å². The first-order chi connectivity index (χ1) is 9.41. The number of hydrogen-bond donors (Lipinski definition) is 2. The zero-order chi connectivity index (χ0) is 14.9. The molecule has 0 saturated carbocycles. The number of aliphatic hydroxyl groups is 1. The van der Waals surface area contributed by atoms with Gasteiger partial charge in [0.2, 0.25) is 5.43 Å². The number of amides is 1. The smallest absolute Gasteiger partial charge is 0.259 e. The number of aromatic nitrogens is 1. The van der Waals surface area contributed by atoms with E-state index in [9.17, 15) is 14.7 Å². The van der Waals surface area contributed by atoms with Crippen LogP contribution in [-0.4, -0.2) is 39.6 Å². The highest BCUT2D eigenvalue weighted by molar-refractivity contribution is 9.10. The van der Waals surface area contributed by atoms with Crippen molar-refractivity contribution >= 4 is 21.8 Å². The first kappa shape index (κ1) is 15.3. The molecule has 1 amide bonds. The van der Waals surface area contributed by atoms with Crippen molar-refractivity contribution in [2.24, 2.45) is 0 Å². The molecule has 1 fully saturated rings. The molecule has 2 heterocycles. The van der Waals surface area contributed by atoms with Gasteiger partial charge in [0.1, 0.15) is 5.56 Å². The standard InChI is InChI=1S/C14H19BrN2O3/c1-8(18)6-10-4-3-5-17(10)14(20)11-7-16-9(2)12(15)13(11)19/h7-8,10,18H,3-6H2,1-2H3,(H,16,19). The first-order valence-electron chi connectivity index (χ1n) is 6.78. The Morgan fingerprint density at radius 2 is 2.35 bits per heavy atom. The number of rotatable bonds is 3. The molecule has 2 atom stereocenters. The summed E-state index contributed by atoms with van der Waals surface area (Å²) in [4.78, 5) is 29.3. The van der Waals surface area contributed by atoms with E-state index in [1.807, 2.05) is 0 Å². The number of carbonyl (C=O) groups excluding carboxylic acids is 1. The minimum atomic E-state index is -0.448. The molecule has 1 aromatic rings. The summed E-state index contributed by atoms with van der Waals surface area (Å²) in [6.45, 7) is 4.13. The SMILES string of the molecule is Cc1[nH]cc(C(=O)N2CCCC2CC(C)O)c(=O)c1Br. The van der Waals surface area contributed by atoms with Gasteiger partial charge in [-0.2, -0.15) is 0 Å². The third-order valence-corrected chi connectivity index (χ3v) is 4.64. The highest BCUT2D eigenvalue weighted by Gasteiger charge is 2.31. The number of nitrogens with zero attached hydrogens (tertiary/aromatic N) is 1. The minimum absolute atomic E-state index is 0.0157. The van der Waals surface area contributed by atoms with Gasteiger partial charge in [0.05, 0.1) is 10.6 Å². The molecule has 1 aliphatic rings. The van der Waals surface area contributed by atoms with Crippen molar-refractivity contribution in [3.05, 3.63) is 32.2 Å². The molecule has 0 aromatic carbocycles. The van der Waals surface area contributed by atoms with Crippen LogP contribution in [0.15, 0.2) is 15.5 Å². The van der Waals surface area contributed by atoms with Gasteiger partial charge in [-0.1, -0.05) is 0 Å².